The summed E-state index contributed by atoms with van der Waals surface area (Å²) in [7, 11) is 1.20. The van der Waals surface area contributed by atoms with Gasteiger partial charge in [-0.1, -0.05) is 18.2 Å². The van der Waals surface area contributed by atoms with Crippen molar-refractivity contribution in [3.8, 4) is 5.88 Å². The van der Waals surface area contributed by atoms with E-state index >= 15 is 0 Å². The van der Waals surface area contributed by atoms with Crippen LogP contribution in [0.15, 0.2) is 36.5 Å². The highest BCUT2D eigenvalue weighted by atomic mass is 19.3. The Labute approximate surface area is 137 Å². The van der Waals surface area contributed by atoms with Crippen molar-refractivity contribution >= 4 is 11.6 Å². The van der Waals surface area contributed by atoms with E-state index in [1.165, 1.54) is 19.2 Å². The molecule has 136 valence electrons. The van der Waals surface area contributed by atoms with E-state index < -0.39 is 35.8 Å². The van der Waals surface area contributed by atoms with Crippen LogP contribution in [0.2, 0.25) is 0 Å². The Morgan fingerprint density at radius 3 is 2.36 bits per heavy atom. The van der Waals surface area contributed by atoms with E-state index in [2.05, 4.69) is 15.2 Å². The number of ether oxygens (including phenoxy) is 1. The molecule has 0 spiro atoms. The number of aryl methyl sites for hydroxylation is 1. The number of amides is 1. The van der Waals surface area contributed by atoms with Crippen molar-refractivity contribution in [2.45, 2.75) is 18.5 Å². The Balaban J connectivity index is 2.27. The number of hydrogen-bond acceptors (Lipinski definition) is 3. The van der Waals surface area contributed by atoms with Crippen molar-refractivity contribution in [2.75, 3.05) is 5.32 Å². The average molecular weight is 367 g/mol. The van der Waals surface area contributed by atoms with Crippen LogP contribution in [0.3, 0.4) is 0 Å². The fourth-order valence-corrected chi connectivity index (χ4v) is 1.74. The zero-order chi connectivity index (χ0) is 18.8. The van der Waals surface area contributed by atoms with Gasteiger partial charge >= 0.3 is 18.5 Å². The topological polar surface area (TPSA) is 56.2 Å². The van der Waals surface area contributed by atoms with E-state index in [9.17, 15) is 31.1 Å². The minimum absolute atomic E-state index is 0.284. The number of rotatable bonds is 6. The van der Waals surface area contributed by atoms with Crippen LogP contribution >= 0.6 is 0 Å². The molecule has 5 nitrogen and oxygen atoms in total. The zero-order valence-electron chi connectivity index (χ0n) is 12.5. The lowest BCUT2D eigenvalue weighted by molar-refractivity contribution is -0.343. The van der Waals surface area contributed by atoms with Crippen LogP contribution in [-0.4, -0.2) is 34.1 Å². The number of halogens is 6. The number of carbonyl (C=O) groups is 1. The summed E-state index contributed by atoms with van der Waals surface area (Å²) in [6.07, 6.45) is -9.32. The molecule has 1 aromatic heterocycles. The van der Waals surface area contributed by atoms with Crippen molar-refractivity contribution in [1.29, 1.82) is 0 Å². The third-order valence-electron chi connectivity index (χ3n) is 2.96. The van der Waals surface area contributed by atoms with Crippen LogP contribution in [-0.2, 0) is 7.05 Å². The number of alkyl halides is 6. The van der Waals surface area contributed by atoms with Crippen LogP contribution in [0.25, 0.3) is 0 Å². The lowest BCUT2D eigenvalue weighted by Crippen LogP contribution is -2.50. The van der Waals surface area contributed by atoms with E-state index in [0.717, 1.165) is 10.9 Å². The lowest BCUT2D eigenvalue weighted by Gasteiger charge is -2.24. The Bertz CT molecular complexity index is 748. The van der Waals surface area contributed by atoms with Gasteiger partial charge in [0.25, 0.3) is 11.8 Å². The molecular formula is C14H11F6N3O2. The Kier molecular flexibility index (Phi) is 4.95. The van der Waals surface area contributed by atoms with Gasteiger partial charge in [0, 0.05) is 18.9 Å². The van der Waals surface area contributed by atoms with E-state index in [1.807, 2.05) is 0 Å². The van der Waals surface area contributed by atoms with Crippen LogP contribution in [0.4, 0.5) is 32.0 Å². The molecule has 0 radical (unpaired) electrons. The highest BCUT2D eigenvalue weighted by Gasteiger charge is 2.66. The Morgan fingerprint density at radius 1 is 1.20 bits per heavy atom. The molecule has 0 fully saturated rings. The van der Waals surface area contributed by atoms with Crippen molar-refractivity contribution in [3.05, 3.63) is 42.1 Å². The van der Waals surface area contributed by atoms with E-state index in [0.29, 0.717) is 0 Å². The molecule has 25 heavy (non-hydrogen) atoms. The summed E-state index contributed by atoms with van der Waals surface area (Å²) < 4.78 is 81.5. The fourth-order valence-electron chi connectivity index (χ4n) is 1.74. The maximum Gasteiger partial charge on any atom is 0.471 e. The molecule has 1 aromatic carbocycles. The summed E-state index contributed by atoms with van der Waals surface area (Å²) in [5.74, 6) is -7.97. The molecule has 0 aliphatic rings. The molecule has 0 aliphatic carbocycles. The molecule has 0 bridgehead atoms. The molecule has 1 heterocycles. The molecule has 2 rings (SSSR count). The van der Waals surface area contributed by atoms with Gasteiger partial charge in [-0.25, -0.2) is 8.78 Å². The molecule has 11 heteroatoms. The van der Waals surface area contributed by atoms with Crippen molar-refractivity contribution in [3.63, 3.8) is 0 Å². The summed E-state index contributed by atoms with van der Waals surface area (Å²) in [5.41, 5.74) is -0.344. The molecule has 0 saturated heterocycles. The number of anilines is 1. The molecule has 1 amide bonds. The first-order valence-electron chi connectivity index (χ1n) is 6.67. The van der Waals surface area contributed by atoms with Crippen LogP contribution in [0.5, 0.6) is 5.88 Å². The number of nitrogens with zero attached hydrogens (tertiary/aromatic N) is 2. The Hall–Kier alpha value is -2.72. The number of aromatic nitrogens is 2. The smallest absolute Gasteiger partial charge is 0.407 e. The number of hydrogen-bond donors (Lipinski definition) is 1. The minimum atomic E-state index is -5.77. The zero-order valence-corrected chi connectivity index (χ0v) is 12.5. The lowest BCUT2D eigenvalue weighted by atomic mass is 10.2. The van der Waals surface area contributed by atoms with E-state index in [1.54, 1.807) is 18.2 Å². The van der Waals surface area contributed by atoms with Gasteiger partial charge < -0.3 is 10.1 Å². The summed E-state index contributed by atoms with van der Waals surface area (Å²) >= 11 is 0. The highest BCUT2D eigenvalue weighted by molar-refractivity contribution is 6.05. The largest absolute Gasteiger partial charge is 0.471 e. The van der Waals surface area contributed by atoms with Crippen LogP contribution in [0, 0.1) is 0 Å². The summed E-state index contributed by atoms with van der Waals surface area (Å²) in [6, 6.07) is 7.77. The normalized spacial score (nSPS) is 12.3. The standard InChI is InChI=1S/C14H11F6N3O2/c1-23-7-9(10(24)21-8-5-3-2-4-6-8)11(22-23)25-14(19,20)13(17,18)12(15)16/h2-7,12H,1H3,(H,21,24). The summed E-state index contributed by atoms with van der Waals surface area (Å²) in [4.78, 5) is 12.1. The number of benzene rings is 1. The van der Waals surface area contributed by atoms with Crippen LogP contribution < -0.4 is 10.1 Å². The molecular weight excluding hydrogens is 356 g/mol. The van der Waals surface area contributed by atoms with Gasteiger partial charge in [-0.05, 0) is 12.1 Å². The fraction of sp³-hybridized carbons (Fsp3) is 0.286. The molecule has 0 unspecified atom stereocenters. The van der Waals surface area contributed by atoms with Gasteiger partial charge in [-0.2, -0.15) is 17.6 Å². The number of carbonyl (C=O) groups excluding carboxylic acids is 1. The van der Waals surface area contributed by atoms with E-state index in [-0.39, 0.29) is 5.69 Å². The summed E-state index contributed by atoms with van der Waals surface area (Å²) in [6.45, 7) is 0. The highest BCUT2D eigenvalue weighted by Crippen LogP contribution is 2.40. The quantitative estimate of drug-likeness (QED) is 0.795. The first kappa shape index (κ1) is 18.6. The number of nitrogens with one attached hydrogen (secondary N) is 1. The van der Waals surface area contributed by atoms with Crippen LogP contribution in [0.1, 0.15) is 10.4 Å². The third kappa shape index (κ3) is 3.86. The molecule has 1 N–H and O–H groups in total. The van der Waals surface area contributed by atoms with Crippen molar-refractivity contribution < 1.29 is 35.9 Å². The summed E-state index contributed by atoms with van der Waals surface area (Å²) in [5, 5.41) is 5.61. The second kappa shape index (κ2) is 6.65. The monoisotopic (exact) mass is 367 g/mol. The van der Waals surface area contributed by atoms with Gasteiger partial charge in [0.05, 0.1) is 0 Å². The van der Waals surface area contributed by atoms with Crippen molar-refractivity contribution in [1.82, 2.24) is 9.78 Å². The van der Waals surface area contributed by atoms with Gasteiger partial charge in [0.1, 0.15) is 5.56 Å². The molecule has 0 saturated carbocycles. The maximum atomic E-state index is 13.4. The predicted molar refractivity (Wildman–Crippen MR) is 74.1 cm³/mol. The first-order chi connectivity index (χ1) is 11.5. The molecule has 0 aliphatic heterocycles. The van der Waals surface area contributed by atoms with Gasteiger partial charge in [0.2, 0.25) is 0 Å². The number of para-hydroxylation sites is 1. The maximum absolute atomic E-state index is 13.4. The molecule has 2 aromatic rings. The van der Waals surface area contributed by atoms with Crippen molar-refractivity contribution in [2.24, 2.45) is 7.05 Å². The first-order valence-corrected chi connectivity index (χ1v) is 6.67. The predicted octanol–water partition coefficient (Wildman–Crippen LogP) is 3.54. The van der Waals surface area contributed by atoms with E-state index in [4.69, 9.17) is 0 Å². The van der Waals surface area contributed by atoms with Gasteiger partial charge in [-0.15, -0.1) is 5.10 Å². The second-order valence-corrected chi connectivity index (χ2v) is 4.88. The Morgan fingerprint density at radius 2 is 1.80 bits per heavy atom. The third-order valence-corrected chi connectivity index (χ3v) is 2.96. The second-order valence-electron chi connectivity index (χ2n) is 4.88. The minimum Gasteiger partial charge on any atom is -0.407 e. The van der Waals surface area contributed by atoms with Gasteiger partial charge in [0.15, 0.2) is 0 Å². The average Bonchev–Trinajstić information content (AvgIpc) is 2.87. The molecule has 0 atom stereocenters. The SMILES string of the molecule is Cn1cc(C(=O)Nc2ccccc2)c(OC(F)(F)C(F)(F)C(F)F)n1. The van der Waals surface area contributed by atoms with Gasteiger partial charge in [-0.3, -0.25) is 9.48 Å².